The van der Waals surface area contributed by atoms with E-state index in [4.69, 9.17) is 18.9 Å². The van der Waals surface area contributed by atoms with Crippen molar-refractivity contribution in [3.8, 4) is 0 Å². The summed E-state index contributed by atoms with van der Waals surface area (Å²) in [5.41, 5.74) is -1.22. The molecule has 2 rings (SSSR count). The Morgan fingerprint density at radius 1 is 0.708 bits per heavy atom. The van der Waals surface area contributed by atoms with E-state index in [0.29, 0.717) is 23.8 Å². The molecule has 3 atom stereocenters. The van der Waals surface area contributed by atoms with Crippen LogP contribution in [0.1, 0.15) is 113 Å². The summed E-state index contributed by atoms with van der Waals surface area (Å²) in [6.45, 7) is 23.8. The number of hydrogen-bond acceptors (Lipinski definition) is 13. The van der Waals surface area contributed by atoms with Crippen molar-refractivity contribution in [1.29, 1.82) is 0 Å². The minimum absolute atomic E-state index is 0.0470. The minimum atomic E-state index is -3.49. The van der Waals surface area contributed by atoms with Crippen molar-refractivity contribution in [2.45, 2.75) is 139 Å². The summed E-state index contributed by atoms with van der Waals surface area (Å²) in [7, 11) is -3.49. The summed E-state index contributed by atoms with van der Waals surface area (Å²) in [5, 5.41) is 2.28. The van der Waals surface area contributed by atoms with Crippen molar-refractivity contribution < 1.29 is 86.7 Å². The van der Waals surface area contributed by atoms with E-state index in [0.717, 1.165) is 19.2 Å². The first kappa shape index (κ1) is 61.8. The van der Waals surface area contributed by atoms with Crippen LogP contribution in [0, 0.1) is 40.8 Å². The van der Waals surface area contributed by atoms with Crippen molar-refractivity contribution in [2.75, 3.05) is 12.9 Å². The monoisotopic (exact) mass is 957 g/mol. The number of rotatable bonds is 16. The summed E-state index contributed by atoms with van der Waals surface area (Å²) < 4.78 is 125. The van der Waals surface area contributed by atoms with Crippen LogP contribution in [-0.4, -0.2) is 86.8 Å². The lowest BCUT2D eigenvalue weighted by Crippen LogP contribution is -2.46. The largest absolute Gasteiger partial charge is 0.463 e. The Hall–Kier alpha value is -5.31. The molecule has 368 valence electrons. The Morgan fingerprint density at radius 2 is 1.17 bits per heavy atom. The van der Waals surface area contributed by atoms with Gasteiger partial charge in [0.15, 0.2) is 23.3 Å². The summed E-state index contributed by atoms with van der Waals surface area (Å²) in [4.78, 5) is 69.0. The summed E-state index contributed by atoms with van der Waals surface area (Å²) in [6, 6.07) is 0.882. The molecule has 65 heavy (non-hydrogen) atoms. The van der Waals surface area contributed by atoms with Gasteiger partial charge in [0.2, 0.25) is 0 Å². The van der Waals surface area contributed by atoms with Crippen LogP contribution in [0.25, 0.3) is 0 Å². The molecule has 0 heterocycles. The molecule has 0 bridgehead atoms. The zero-order chi connectivity index (χ0) is 51.3. The van der Waals surface area contributed by atoms with Crippen LogP contribution in [0.2, 0.25) is 0 Å². The maximum atomic E-state index is 14.2. The molecule has 0 saturated heterocycles. The van der Waals surface area contributed by atoms with Gasteiger partial charge in [0, 0.05) is 41.2 Å². The van der Waals surface area contributed by atoms with Crippen molar-refractivity contribution >= 4 is 45.7 Å². The number of Topliss-reactive ketones (excluding diaryl/α,β-unsaturated/α-hetero) is 2. The molecule has 0 fully saturated rings. The Morgan fingerprint density at radius 3 is 1.57 bits per heavy atom. The highest BCUT2D eigenvalue weighted by Crippen LogP contribution is 2.28. The van der Waals surface area contributed by atoms with Gasteiger partial charge in [-0.3, -0.25) is 18.6 Å². The average Bonchev–Trinajstić information content (AvgIpc) is 3.11. The molecule has 2 aromatic rings. The quantitative estimate of drug-likeness (QED) is 0.0422. The highest BCUT2D eigenvalue weighted by atomic mass is 32.2. The van der Waals surface area contributed by atoms with Crippen LogP contribution in [0.3, 0.4) is 0 Å². The molecule has 21 heteroatoms. The van der Waals surface area contributed by atoms with Crippen molar-refractivity contribution in [1.82, 2.24) is 5.32 Å². The molecule has 2 aromatic carbocycles. The van der Waals surface area contributed by atoms with E-state index in [9.17, 15) is 63.5 Å². The minimum Gasteiger partial charge on any atom is -0.463 e. The second-order valence-electron chi connectivity index (χ2n) is 16.2. The van der Waals surface area contributed by atoms with Gasteiger partial charge in [-0.1, -0.05) is 6.58 Å². The summed E-state index contributed by atoms with van der Waals surface area (Å²) in [5.74, 6) is -11.9. The van der Waals surface area contributed by atoms with E-state index < -0.39 is 110 Å². The maximum Gasteiger partial charge on any atom is 0.408 e. The fourth-order valence-electron chi connectivity index (χ4n) is 4.52. The number of halogens is 6. The van der Waals surface area contributed by atoms with Crippen LogP contribution in [0.5, 0.6) is 0 Å². The van der Waals surface area contributed by atoms with Crippen LogP contribution >= 0.6 is 0 Å². The molecule has 0 aliphatic rings. The molecule has 14 nitrogen and oxygen atoms in total. The maximum absolute atomic E-state index is 14.2. The van der Waals surface area contributed by atoms with Gasteiger partial charge in [-0.05, 0) is 109 Å². The van der Waals surface area contributed by atoms with Crippen LogP contribution < -0.4 is 5.32 Å². The first-order valence-electron chi connectivity index (χ1n) is 19.9. The van der Waals surface area contributed by atoms with E-state index in [2.05, 4.69) is 16.1 Å². The molecular weight excluding hydrogens is 897 g/mol. The molecule has 0 aliphatic carbocycles. The molecular formula is C44H61F6NO13S. The number of ketones is 2. The van der Waals surface area contributed by atoms with Crippen LogP contribution in [0.4, 0.5) is 31.1 Å². The van der Waals surface area contributed by atoms with Crippen LogP contribution in [-0.2, 0) is 63.6 Å². The lowest BCUT2D eigenvalue weighted by atomic mass is 9.88. The highest BCUT2D eigenvalue weighted by Gasteiger charge is 2.33. The van der Waals surface area contributed by atoms with Crippen molar-refractivity contribution in [3.05, 3.63) is 82.4 Å². The number of amides is 1. The third-order valence-electron chi connectivity index (χ3n) is 7.17. The molecule has 1 amide bonds. The first-order valence-corrected chi connectivity index (χ1v) is 21.7. The van der Waals surface area contributed by atoms with E-state index >= 15 is 0 Å². The van der Waals surface area contributed by atoms with E-state index in [-0.39, 0.29) is 42.6 Å². The van der Waals surface area contributed by atoms with E-state index in [1.165, 1.54) is 6.92 Å². The van der Waals surface area contributed by atoms with Gasteiger partial charge in [-0.2, -0.15) is 8.42 Å². The second-order valence-corrected chi connectivity index (χ2v) is 17.9. The predicted molar refractivity (Wildman–Crippen MR) is 227 cm³/mol. The zero-order valence-corrected chi connectivity index (χ0v) is 39.9. The van der Waals surface area contributed by atoms with Gasteiger partial charge in [0.25, 0.3) is 10.1 Å². The van der Waals surface area contributed by atoms with Gasteiger partial charge < -0.3 is 24.3 Å². The topological polar surface area (TPSA) is 195 Å². The Kier molecular flexibility index (Phi) is 27.2. The fraction of sp³-hybridized carbons (Fsp3) is 0.545. The number of carbonyl (C=O) groups excluding carboxylic acids is 6. The normalized spacial score (nSPS) is 12.4. The van der Waals surface area contributed by atoms with E-state index in [1.54, 1.807) is 76.2 Å². The van der Waals surface area contributed by atoms with Gasteiger partial charge in [-0.25, -0.2) is 40.7 Å². The number of nitrogens with one attached hydrogen (secondary N) is 1. The number of benzene rings is 2. The third-order valence-corrected chi connectivity index (χ3v) is 7.74. The molecule has 0 spiro atoms. The number of alkyl carbamates (subject to hydrolysis) is 1. The highest BCUT2D eigenvalue weighted by molar-refractivity contribution is 7.85. The number of hydrogen-bond donors (Lipinski definition) is 1. The van der Waals surface area contributed by atoms with Crippen LogP contribution in [0.15, 0.2) is 36.4 Å². The zero-order valence-electron chi connectivity index (χ0n) is 39.1. The molecule has 1 N–H and O–H groups in total. The number of esters is 3. The molecule has 0 saturated carbocycles. The summed E-state index contributed by atoms with van der Waals surface area (Å²) >= 11 is 0. The fourth-order valence-corrected chi connectivity index (χ4v) is 4.97. The Labute approximate surface area is 376 Å². The molecule has 3 unspecified atom stereocenters. The van der Waals surface area contributed by atoms with Gasteiger partial charge >= 0.3 is 24.0 Å². The van der Waals surface area contributed by atoms with Crippen molar-refractivity contribution in [2.24, 2.45) is 5.92 Å². The SMILES string of the molecule is C=C(C)C(=O)OC(C)C.CC(=O)C(CC(NC(=O)OC(C)(C)C)C(=O)OC(C)C)c1cc(F)cc(F)c1F.CC(=O)Cc1cc(F)cc(F)c1F.CC(C)OC(=O)C(C)COS(C)(=O)=O. The summed E-state index contributed by atoms with van der Waals surface area (Å²) in [6.07, 6.45) is -1.58. The van der Waals surface area contributed by atoms with Gasteiger partial charge in [0.05, 0.1) is 37.1 Å². The molecule has 0 radical (unpaired) electrons. The first-order chi connectivity index (χ1) is 29.5. The second kappa shape index (κ2) is 28.6. The third kappa shape index (κ3) is 28.3. The lowest BCUT2D eigenvalue weighted by Gasteiger charge is -2.25. The molecule has 0 aliphatic heterocycles. The van der Waals surface area contributed by atoms with Crippen molar-refractivity contribution in [3.63, 3.8) is 0 Å². The van der Waals surface area contributed by atoms with Gasteiger partial charge in [0.1, 0.15) is 34.8 Å². The Bertz CT molecular complexity index is 2070. The standard InChI is InChI=1S/C20H26F3NO5.C9H7F3O.C8H16O5S.C7H12O2/c1-10(2)28-18(26)16(24-19(27)29-20(4,5)6)9-13(11(3)25)14-7-12(21)8-15(22)17(14)23;1-5(13)2-6-3-7(10)4-8(11)9(6)12;1-6(2)13-8(9)7(3)5-12-14(4,10)11;1-5(2)7(8)9-6(3)4/h7-8,10,13,16H,9H2,1-6H3,(H,24,27);3-4H,2H2,1H3;6-7H,5H2,1-4H3;6H,1H2,2-4H3. The Balaban J connectivity index is 0. The molecule has 0 aromatic heterocycles. The average molecular weight is 958 g/mol. The van der Waals surface area contributed by atoms with Gasteiger partial charge in [-0.15, -0.1) is 0 Å². The lowest BCUT2D eigenvalue weighted by molar-refractivity contribution is -0.153. The number of carbonyl (C=O) groups is 6. The smallest absolute Gasteiger partial charge is 0.408 e. The number of ether oxygens (including phenoxy) is 4. The van der Waals surface area contributed by atoms with E-state index in [1.807, 2.05) is 0 Å². The predicted octanol–water partition coefficient (Wildman–Crippen LogP) is 8.31.